The Hall–Kier alpha value is -1.22. The number of ether oxygens (including phenoxy) is 1. The third-order valence-corrected chi connectivity index (χ3v) is 5.10. The molecule has 2 aliphatic rings. The molecule has 0 N–H and O–H groups in total. The van der Waals surface area contributed by atoms with E-state index >= 15 is 0 Å². The van der Waals surface area contributed by atoms with Crippen LogP contribution in [0.1, 0.15) is 31.2 Å². The maximum Gasteiger partial charge on any atom is 0.123 e. The lowest BCUT2D eigenvalue weighted by Gasteiger charge is -2.41. The molecule has 0 bridgehead atoms. The van der Waals surface area contributed by atoms with E-state index in [1.54, 1.807) is 0 Å². The molecule has 3 nitrogen and oxygen atoms in total. The summed E-state index contributed by atoms with van der Waals surface area (Å²) in [5.74, 6) is 1.77. The molecule has 1 fully saturated rings. The first-order valence-corrected chi connectivity index (χ1v) is 8.14. The van der Waals surface area contributed by atoms with Gasteiger partial charge in [0.05, 0.1) is 0 Å². The molecule has 1 spiro atoms. The molecule has 0 saturated heterocycles. The molecule has 0 unspecified atom stereocenters. The van der Waals surface area contributed by atoms with E-state index < -0.39 is 0 Å². The summed E-state index contributed by atoms with van der Waals surface area (Å²) in [6, 6.07) is 6.65. The first-order valence-electron chi connectivity index (χ1n) is 8.14. The third kappa shape index (κ3) is 2.76. The van der Waals surface area contributed by atoms with E-state index in [0.717, 1.165) is 18.7 Å². The largest absolute Gasteiger partial charge is 0.486 e. The highest BCUT2D eigenvalue weighted by Gasteiger charge is 2.47. The first kappa shape index (κ1) is 14.7. The summed E-state index contributed by atoms with van der Waals surface area (Å²) in [6.07, 6.45) is 6.24. The predicted octanol–water partition coefficient (Wildman–Crippen LogP) is 3.18. The van der Waals surface area contributed by atoms with E-state index in [4.69, 9.17) is 4.74 Å². The van der Waals surface area contributed by atoms with Gasteiger partial charge in [-0.15, -0.1) is 0 Å². The smallest absolute Gasteiger partial charge is 0.123 e. The van der Waals surface area contributed by atoms with E-state index in [1.807, 2.05) is 0 Å². The summed E-state index contributed by atoms with van der Waals surface area (Å²) < 4.78 is 6.54. The first-order chi connectivity index (χ1) is 10.00. The van der Waals surface area contributed by atoms with Crippen LogP contribution < -0.4 is 9.64 Å². The highest BCUT2D eigenvalue weighted by molar-refractivity contribution is 5.54. The van der Waals surface area contributed by atoms with E-state index in [0.29, 0.717) is 5.92 Å². The van der Waals surface area contributed by atoms with Crippen molar-refractivity contribution in [3.63, 3.8) is 0 Å². The zero-order valence-electron chi connectivity index (χ0n) is 13.9. The third-order valence-electron chi connectivity index (χ3n) is 5.10. The van der Waals surface area contributed by atoms with Gasteiger partial charge in [0.25, 0.3) is 0 Å². The average molecular weight is 288 g/mol. The van der Waals surface area contributed by atoms with Gasteiger partial charge in [-0.2, -0.15) is 0 Å². The summed E-state index contributed by atoms with van der Waals surface area (Å²) in [4.78, 5) is 4.48. The van der Waals surface area contributed by atoms with Crippen LogP contribution in [0, 0.1) is 5.92 Å². The second-order valence-electron chi connectivity index (χ2n) is 7.24. The lowest BCUT2D eigenvalue weighted by molar-refractivity contribution is -0.0150. The van der Waals surface area contributed by atoms with Crippen molar-refractivity contribution < 1.29 is 4.74 Å². The van der Waals surface area contributed by atoms with Crippen molar-refractivity contribution in [3.05, 3.63) is 23.8 Å². The molecule has 1 aliphatic heterocycles. The summed E-state index contributed by atoms with van der Waals surface area (Å²) >= 11 is 0. The minimum absolute atomic E-state index is 0.0514. The highest BCUT2D eigenvalue weighted by Crippen LogP contribution is 2.47. The predicted molar refractivity (Wildman–Crippen MR) is 88.3 cm³/mol. The number of benzene rings is 1. The second-order valence-corrected chi connectivity index (χ2v) is 7.24. The molecule has 3 rings (SSSR count). The van der Waals surface area contributed by atoms with Gasteiger partial charge in [0, 0.05) is 44.2 Å². The van der Waals surface area contributed by atoms with E-state index in [2.05, 4.69) is 56.2 Å². The Morgan fingerprint density at radius 2 is 2.00 bits per heavy atom. The Morgan fingerprint density at radius 3 is 2.71 bits per heavy atom. The van der Waals surface area contributed by atoms with Crippen LogP contribution in [-0.4, -0.2) is 45.2 Å². The molecule has 1 aliphatic carbocycles. The lowest BCUT2D eigenvalue weighted by Crippen LogP contribution is -2.48. The van der Waals surface area contributed by atoms with Gasteiger partial charge >= 0.3 is 0 Å². The summed E-state index contributed by atoms with van der Waals surface area (Å²) in [5, 5.41) is 0. The number of hydrogen-bond donors (Lipinski definition) is 0. The van der Waals surface area contributed by atoms with Crippen LogP contribution in [0.4, 0.5) is 5.69 Å². The maximum absolute atomic E-state index is 6.54. The molecule has 21 heavy (non-hydrogen) atoms. The fraction of sp³-hybridized carbons (Fsp3) is 0.667. The Kier molecular flexibility index (Phi) is 3.87. The fourth-order valence-electron chi connectivity index (χ4n) is 4.01. The van der Waals surface area contributed by atoms with Crippen molar-refractivity contribution in [1.82, 2.24) is 4.90 Å². The van der Waals surface area contributed by atoms with Crippen molar-refractivity contribution in [3.8, 4) is 5.75 Å². The average Bonchev–Trinajstić information content (AvgIpc) is 2.78. The van der Waals surface area contributed by atoms with Crippen LogP contribution in [0.3, 0.4) is 0 Å². The van der Waals surface area contributed by atoms with Crippen LogP contribution >= 0.6 is 0 Å². The van der Waals surface area contributed by atoms with E-state index in [1.165, 1.54) is 36.9 Å². The maximum atomic E-state index is 6.54. The normalized spacial score (nSPS) is 27.8. The molecule has 1 aromatic carbocycles. The minimum atomic E-state index is 0.0514. The Labute approximate surface area is 128 Å². The molecule has 2 atom stereocenters. The van der Waals surface area contributed by atoms with Gasteiger partial charge in [0.2, 0.25) is 0 Å². The number of rotatable bonds is 3. The van der Waals surface area contributed by atoms with Crippen LogP contribution in [0.25, 0.3) is 0 Å². The SMILES string of the molecule is CN(C)C[C@H]1CCCC[C@]12Cc1cc(N(C)C)ccc1O2. The topological polar surface area (TPSA) is 15.7 Å². The molecule has 1 saturated carbocycles. The van der Waals surface area contributed by atoms with Crippen molar-refractivity contribution in [2.75, 3.05) is 39.6 Å². The zero-order valence-corrected chi connectivity index (χ0v) is 13.9. The molecule has 1 heterocycles. The molecular formula is C18H28N2O. The number of fused-ring (bicyclic) bond motifs is 1. The fourth-order valence-corrected chi connectivity index (χ4v) is 4.01. The molecule has 0 radical (unpaired) electrons. The van der Waals surface area contributed by atoms with Crippen molar-refractivity contribution in [1.29, 1.82) is 0 Å². The zero-order chi connectivity index (χ0) is 15.0. The van der Waals surface area contributed by atoms with Crippen molar-refractivity contribution >= 4 is 5.69 Å². The minimum Gasteiger partial charge on any atom is -0.486 e. The van der Waals surface area contributed by atoms with Crippen molar-refractivity contribution in [2.45, 2.75) is 37.7 Å². The number of anilines is 1. The monoisotopic (exact) mass is 288 g/mol. The highest BCUT2D eigenvalue weighted by atomic mass is 16.5. The second kappa shape index (κ2) is 5.53. The summed E-state index contributed by atoms with van der Waals surface area (Å²) in [6.45, 7) is 1.13. The van der Waals surface area contributed by atoms with Gasteiger partial charge in [-0.25, -0.2) is 0 Å². The molecule has 3 heteroatoms. The van der Waals surface area contributed by atoms with Crippen molar-refractivity contribution in [2.24, 2.45) is 5.92 Å². The van der Waals surface area contributed by atoms with Crippen LogP contribution in [0.2, 0.25) is 0 Å². The van der Waals surface area contributed by atoms with Crippen LogP contribution in [-0.2, 0) is 6.42 Å². The van der Waals surface area contributed by atoms with E-state index in [9.17, 15) is 0 Å². The summed E-state index contributed by atoms with van der Waals surface area (Å²) in [7, 11) is 8.55. The van der Waals surface area contributed by atoms with Gasteiger partial charge in [-0.05, 0) is 51.6 Å². The quantitative estimate of drug-likeness (QED) is 0.849. The van der Waals surface area contributed by atoms with Crippen LogP contribution in [0.15, 0.2) is 18.2 Å². The van der Waals surface area contributed by atoms with Gasteiger partial charge in [-0.3, -0.25) is 0 Å². The van der Waals surface area contributed by atoms with Crippen LogP contribution in [0.5, 0.6) is 5.75 Å². The van der Waals surface area contributed by atoms with Gasteiger partial charge in [0.1, 0.15) is 11.4 Å². The van der Waals surface area contributed by atoms with Gasteiger partial charge in [-0.1, -0.05) is 6.42 Å². The van der Waals surface area contributed by atoms with E-state index in [-0.39, 0.29) is 5.60 Å². The molecular weight excluding hydrogens is 260 g/mol. The Balaban J connectivity index is 1.86. The molecule has 116 valence electrons. The molecule has 1 aromatic rings. The number of hydrogen-bond acceptors (Lipinski definition) is 3. The number of nitrogens with zero attached hydrogens (tertiary/aromatic N) is 2. The standard InChI is InChI=1S/C18H28N2O/c1-19(2)13-15-7-5-6-10-18(15)12-14-11-16(20(3)4)8-9-17(14)21-18/h8-9,11,15H,5-7,10,12-13H2,1-4H3/t15-,18+/m1/s1. The Morgan fingerprint density at radius 1 is 1.19 bits per heavy atom. The Bertz CT molecular complexity index is 512. The van der Waals surface area contributed by atoms with Gasteiger partial charge < -0.3 is 14.5 Å². The lowest BCUT2D eigenvalue weighted by atomic mass is 9.73. The summed E-state index contributed by atoms with van der Waals surface area (Å²) in [5.41, 5.74) is 2.72. The molecule has 0 aromatic heterocycles. The molecule has 0 amide bonds. The van der Waals surface area contributed by atoms with Gasteiger partial charge in [0.15, 0.2) is 0 Å².